The van der Waals surface area contributed by atoms with Crippen LogP contribution in [0.25, 0.3) is 0 Å². The van der Waals surface area contributed by atoms with Gasteiger partial charge in [0.05, 0.1) is 0 Å². The molecule has 4 fully saturated rings. The molecule has 4 unspecified atom stereocenters. The Kier molecular flexibility index (Phi) is 24.8. The van der Waals surface area contributed by atoms with Gasteiger partial charge in [-0.2, -0.15) is 0 Å². The van der Waals surface area contributed by atoms with E-state index in [0.717, 1.165) is 0 Å². The first-order valence-electron chi connectivity index (χ1n) is 10.7. The molecule has 27 heavy (non-hydrogen) atoms. The first-order valence-corrected chi connectivity index (χ1v) is 10.7. The van der Waals surface area contributed by atoms with Crippen LogP contribution < -0.4 is 0 Å². The molecule has 0 spiro atoms. The van der Waals surface area contributed by atoms with E-state index in [1.54, 1.807) is 58.3 Å². The van der Waals surface area contributed by atoms with E-state index < -0.39 is 0 Å². The van der Waals surface area contributed by atoms with Crippen LogP contribution >= 0.6 is 0 Å². The van der Waals surface area contributed by atoms with Crippen molar-refractivity contribution in [3.05, 3.63) is 47.1 Å². The molecule has 1 heteroatoms. The minimum Gasteiger partial charge on any atom is -0.518 e. The molecule has 0 N–H and O–H groups in total. The molecule has 0 saturated heterocycles. The van der Waals surface area contributed by atoms with E-state index in [9.17, 15) is 0 Å². The van der Waals surface area contributed by atoms with Gasteiger partial charge in [-0.1, -0.05) is 96.8 Å². The molecule has 0 aliphatic heterocycles. The number of hydrogen-bond acceptors (Lipinski definition) is 0. The molecule has 4 saturated carbocycles. The largest absolute Gasteiger partial charge is 4.00 e. The molecule has 4 rings (SSSR count). The summed E-state index contributed by atoms with van der Waals surface area (Å²) in [6.07, 6.45) is 24.7. The maximum atomic E-state index is 4.72. The molecule has 0 radical (unpaired) electrons. The number of allylic oxidation sites excluding steroid dienone is 2. The Balaban J connectivity index is -0.000000307. The predicted molar refractivity (Wildman–Crippen MR) is 122 cm³/mol. The van der Waals surface area contributed by atoms with Gasteiger partial charge in [0, 0.05) is 0 Å². The van der Waals surface area contributed by atoms with Crippen molar-refractivity contribution in [3.8, 4) is 0 Å². The second kappa shape index (κ2) is 21.0. The van der Waals surface area contributed by atoms with Crippen LogP contribution in [-0.4, -0.2) is 0 Å². The maximum Gasteiger partial charge on any atom is 4.00 e. The zero-order chi connectivity index (χ0) is 17.6. The van der Waals surface area contributed by atoms with Crippen LogP contribution in [0, 0.1) is 52.0 Å². The first-order chi connectivity index (χ1) is 11.8. The van der Waals surface area contributed by atoms with Gasteiger partial charge >= 0.3 is 26.2 Å². The Morgan fingerprint density at radius 3 is 1.00 bits per heavy atom. The van der Waals surface area contributed by atoms with Crippen molar-refractivity contribution < 1.29 is 26.2 Å². The fourth-order valence-electron chi connectivity index (χ4n) is 5.37. The van der Waals surface area contributed by atoms with Gasteiger partial charge in [-0.15, -0.1) is 0 Å². The summed E-state index contributed by atoms with van der Waals surface area (Å²) in [5, 5.41) is 0. The molecule has 156 valence electrons. The summed E-state index contributed by atoms with van der Waals surface area (Å²) in [7, 11) is 0. The summed E-state index contributed by atoms with van der Waals surface area (Å²) in [4.78, 5) is 0. The smallest absolute Gasteiger partial charge is 0.518 e. The van der Waals surface area contributed by atoms with Crippen molar-refractivity contribution in [1.82, 2.24) is 0 Å². The summed E-state index contributed by atoms with van der Waals surface area (Å²) >= 11 is 0. The molecule has 4 atom stereocenters. The molecule has 0 aromatic carbocycles. The fourth-order valence-corrected chi connectivity index (χ4v) is 5.37. The normalized spacial score (nSPS) is 29.4. The van der Waals surface area contributed by atoms with Crippen LogP contribution in [0.3, 0.4) is 0 Å². The van der Waals surface area contributed by atoms with Gasteiger partial charge in [0.25, 0.3) is 0 Å². The minimum atomic E-state index is 0. The van der Waals surface area contributed by atoms with Gasteiger partial charge in [0.1, 0.15) is 0 Å². The third-order valence-electron chi connectivity index (χ3n) is 6.43. The molecule has 4 aliphatic rings. The fraction of sp³-hybridized carbons (Fsp3) is 0.731. The van der Waals surface area contributed by atoms with E-state index >= 15 is 0 Å². The van der Waals surface area contributed by atoms with Crippen molar-refractivity contribution in [1.29, 1.82) is 0 Å². The summed E-state index contributed by atoms with van der Waals surface area (Å²) in [5.41, 5.74) is 0. The molecule has 4 aliphatic carbocycles. The van der Waals surface area contributed by atoms with Crippen molar-refractivity contribution in [2.24, 2.45) is 23.7 Å². The van der Waals surface area contributed by atoms with Gasteiger partial charge in [0.2, 0.25) is 0 Å². The average molecular weight is 452 g/mol. The van der Waals surface area contributed by atoms with Crippen LogP contribution in [0.15, 0.2) is 18.7 Å². The molecular formula is C26H48Zr. The summed E-state index contributed by atoms with van der Waals surface area (Å²) in [6, 6.07) is 0. The Bertz CT molecular complexity index is 266. The average Bonchev–Trinajstić information content (AvgIpc) is 3.26. The van der Waals surface area contributed by atoms with E-state index in [1.807, 2.05) is 0 Å². The van der Waals surface area contributed by atoms with Crippen LogP contribution in [-0.2, 0) is 26.2 Å². The van der Waals surface area contributed by atoms with Gasteiger partial charge in [-0.25, -0.2) is 19.6 Å². The molecule has 0 aromatic rings. The second-order valence-electron chi connectivity index (χ2n) is 8.09. The van der Waals surface area contributed by atoms with E-state index in [-0.39, 0.29) is 41.1 Å². The van der Waals surface area contributed by atoms with Crippen molar-refractivity contribution in [3.63, 3.8) is 0 Å². The van der Waals surface area contributed by atoms with E-state index in [4.69, 9.17) is 6.58 Å². The van der Waals surface area contributed by atoms with Crippen LogP contribution in [0.2, 0.25) is 0 Å². The number of hydrogen-bond donors (Lipinski definition) is 0. The minimum absolute atomic E-state index is 0. The Hall–Kier alpha value is 0.233. The number of rotatable bonds is 0. The van der Waals surface area contributed by atoms with Crippen LogP contribution in [0.4, 0.5) is 0 Å². The molecule has 0 nitrogen and oxygen atoms in total. The van der Waals surface area contributed by atoms with Gasteiger partial charge < -0.3 is 21.4 Å². The van der Waals surface area contributed by atoms with Crippen LogP contribution in [0.5, 0.6) is 0 Å². The maximum absolute atomic E-state index is 4.72. The standard InChI is InChI=1S/2C9H16.2C3H5.2CH3.Zr/c2*1-2-5-9-7-3-6-8(9)4-1;2*1-3-2;;;/h2*8-9H,1-7H2;3H,1-2H2;1,3H,2H3;2*1H3;/q;;4*-1;+4. The summed E-state index contributed by atoms with van der Waals surface area (Å²) in [6.45, 7) is 13.0. The summed E-state index contributed by atoms with van der Waals surface area (Å²) in [5.74, 6) is 4.66. The molecular weight excluding hydrogens is 404 g/mol. The Labute approximate surface area is 193 Å². The molecule has 0 bridgehead atoms. The third kappa shape index (κ3) is 13.1. The quantitative estimate of drug-likeness (QED) is 0.322. The van der Waals surface area contributed by atoms with Crippen molar-refractivity contribution in [2.45, 2.75) is 96.8 Å². The third-order valence-corrected chi connectivity index (χ3v) is 6.43. The predicted octanol–water partition coefficient (Wildman–Crippen LogP) is 8.85. The second-order valence-corrected chi connectivity index (χ2v) is 8.09. The van der Waals surface area contributed by atoms with Crippen molar-refractivity contribution in [2.75, 3.05) is 0 Å². The summed E-state index contributed by atoms with van der Waals surface area (Å²) < 4.78 is 0. The van der Waals surface area contributed by atoms with Crippen LogP contribution in [0.1, 0.15) is 96.8 Å². The van der Waals surface area contributed by atoms with E-state index in [2.05, 4.69) is 13.5 Å². The monoisotopic (exact) mass is 450 g/mol. The topological polar surface area (TPSA) is 0 Å². The first kappa shape index (κ1) is 31.9. The van der Waals surface area contributed by atoms with Gasteiger partial charge in [-0.05, 0) is 23.7 Å². The zero-order valence-corrected chi connectivity index (χ0v) is 21.3. The molecule has 0 aromatic heterocycles. The van der Waals surface area contributed by atoms with Crippen molar-refractivity contribution >= 4 is 0 Å². The van der Waals surface area contributed by atoms with E-state index in [0.29, 0.717) is 0 Å². The SMILES string of the molecule is C1CCC2CCCC2C1.C1CCC2CCCC2C1.C=C[CH2-].[CH-]=CC.[CH3-].[CH3-].[Zr+4]. The molecule has 0 amide bonds. The van der Waals surface area contributed by atoms with Gasteiger partial charge in [0.15, 0.2) is 0 Å². The zero-order valence-electron chi connectivity index (χ0n) is 18.9. The Morgan fingerprint density at radius 2 is 0.815 bits per heavy atom. The Morgan fingerprint density at radius 1 is 0.667 bits per heavy atom. The van der Waals surface area contributed by atoms with Gasteiger partial charge in [-0.3, -0.25) is 6.08 Å². The molecule has 0 heterocycles. The van der Waals surface area contributed by atoms with E-state index in [1.165, 1.54) is 74.3 Å². The number of fused-ring (bicyclic) bond motifs is 2.